The van der Waals surface area contributed by atoms with E-state index in [4.69, 9.17) is 16.3 Å². The van der Waals surface area contributed by atoms with Crippen LogP contribution >= 0.6 is 11.6 Å². The average Bonchev–Trinajstić information content (AvgIpc) is 3.30. The number of sulfonamides is 1. The monoisotopic (exact) mass is 507 g/mol. The summed E-state index contributed by atoms with van der Waals surface area (Å²) in [7, 11) is -2.15. The van der Waals surface area contributed by atoms with Crippen LogP contribution in [0.5, 0.6) is 5.75 Å². The van der Waals surface area contributed by atoms with Crippen molar-refractivity contribution in [2.45, 2.75) is 12.5 Å². The Morgan fingerprint density at radius 3 is 2.40 bits per heavy atom. The minimum atomic E-state index is -3.71. The second-order valence-electron chi connectivity index (χ2n) is 8.34. The van der Waals surface area contributed by atoms with Crippen molar-refractivity contribution in [3.8, 4) is 16.9 Å². The van der Waals surface area contributed by atoms with E-state index in [1.54, 1.807) is 37.4 Å². The van der Waals surface area contributed by atoms with Crippen molar-refractivity contribution in [2.24, 2.45) is 5.10 Å². The first-order valence-corrected chi connectivity index (χ1v) is 13.1. The summed E-state index contributed by atoms with van der Waals surface area (Å²) in [6.45, 7) is 0. The van der Waals surface area contributed by atoms with Gasteiger partial charge in [-0.15, -0.1) is 0 Å². The molecule has 0 spiro atoms. The van der Waals surface area contributed by atoms with Crippen LogP contribution in [0.4, 0.5) is 0 Å². The number of hydrazone groups is 1. The molecule has 0 saturated carbocycles. The second-order valence-corrected chi connectivity index (χ2v) is 10.6. The molecule has 1 N–H and O–H groups in total. The third kappa shape index (κ3) is 4.31. The highest BCUT2D eigenvalue weighted by atomic mass is 35.5. The SMILES string of the molecule is COc1ccc([C@H]2CC(c3c(-c4ccccc4)c4cc(Cl)ccc4[nH]c3=O)=NN2S(C)(=O)=O)cc1. The van der Waals surface area contributed by atoms with E-state index in [-0.39, 0.29) is 12.0 Å². The minimum absolute atomic E-state index is 0.231. The third-order valence-corrected chi connectivity index (χ3v) is 7.29. The molecule has 35 heavy (non-hydrogen) atoms. The number of fused-ring (bicyclic) bond motifs is 1. The molecule has 0 unspecified atom stereocenters. The number of aromatic nitrogens is 1. The van der Waals surface area contributed by atoms with E-state index < -0.39 is 16.1 Å². The lowest BCUT2D eigenvalue weighted by Gasteiger charge is -2.21. The van der Waals surface area contributed by atoms with Crippen molar-refractivity contribution in [1.29, 1.82) is 0 Å². The Bertz CT molecular complexity index is 1610. The zero-order valence-corrected chi connectivity index (χ0v) is 20.6. The molecule has 1 aliphatic rings. The zero-order valence-electron chi connectivity index (χ0n) is 19.0. The smallest absolute Gasteiger partial charge is 0.258 e. The predicted molar refractivity (Wildman–Crippen MR) is 139 cm³/mol. The lowest BCUT2D eigenvalue weighted by atomic mass is 9.91. The number of hydrogen-bond donors (Lipinski definition) is 1. The van der Waals surface area contributed by atoms with Crippen molar-refractivity contribution < 1.29 is 13.2 Å². The van der Waals surface area contributed by atoms with Crippen molar-refractivity contribution in [2.75, 3.05) is 13.4 Å². The Morgan fingerprint density at radius 2 is 1.74 bits per heavy atom. The summed E-state index contributed by atoms with van der Waals surface area (Å²) in [5.74, 6) is 0.660. The van der Waals surface area contributed by atoms with Gasteiger partial charge in [0, 0.05) is 27.9 Å². The molecule has 5 rings (SSSR count). The van der Waals surface area contributed by atoms with Gasteiger partial charge >= 0.3 is 0 Å². The van der Waals surface area contributed by atoms with Crippen LogP contribution in [0.25, 0.3) is 22.0 Å². The molecule has 0 saturated heterocycles. The fourth-order valence-corrected chi connectivity index (χ4v) is 5.54. The van der Waals surface area contributed by atoms with Gasteiger partial charge in [0.05, 0.1) is 30.7 Å². The number of rotatable bonds is 5. The highest BCUT2D eigenvalue weighted by Crippen LogP contribution is 2.38. The van der Waals surface area contributed by atoms with Crippen LogP contribution in [0, 0.1) is 0 Å². The molecule has 2 heterocycles. The van der Waals surface area contributed by atoms with E-state index in [0.717, 1.165) is 27.2 Å². The van der Waals surface area contributed by atoms with E-state index in [1.807, 2.05) is 42.5 Å². The molecule has 0 fully saturated rings. The maximum atomic E-state index is 13.4. The van der Waals surface area contributed by atoms with Gasteiger partial charge in [-0.25, -0.2) is 8.42 Å². The number of nitrogens with zero attached hydrogens (tertiary/aromatic N) is 2. The van der Waals surface area contributed by atoms with E-state index >= 15 is 0 Å². The van der Waals surface area contributed by atoms with Crippen LogP contribution < -0.4 is 10.3 Å². The highest BCUT2D eigenvalue weighted by molar-refractivity contribution is 7.88. The first kappa shape index (κ1) is 23.1. The Kier molecular flexibility index (Phi) is 5.86. The number of ether oxygens (including phenoxy) is 1. The van der Waals surface area contributed by atoms with Gasteiger partial charge in [0.25, 0.3) is 5.56 Å². The summed E-state index contributed by atoms with van der Waals surface area (Å²) in [6.07, 6.45) is 1.34. The van der Waals surface area contributed by atoms with Crippen molar-refractivity contribution >= 4 is 38.2 Å². The van der Waals surface area contributed by atoms with Gasteiger partial charge in [-0.2, -0.15) is 9.52 Å². The molecule has 0 bridgehead atoms. The first-order chi connectivity index (χ1) is 16.8. The highest BCUT2D eigenvalue weighted by Gasteiger charge is 2.36. The summed E-state index contributed by atoms with van der Waals surface area (Å²) in [4.78, 5) is 16.3. The predicted octanol–water partition coefficient (Wildman–Crippen LogP) is 4.97. The fourth-order valence-electron chi connectivity index (χ4n) is 4.46. The Morgan fingerprint density at radius 1 is 1.03 bits per heavy atom. The molecule has 7 nitrogen and oxygen atoms in total. The zero-order chi connectivity index (χ0) is 24.7. The topological polar surface area (TPSA) is 91.8 Å². The molecule has 0 aliphatic carbocycles. The first-order valence-electron chi connectivity index (χ1n) is 10.9. The number of halogens is 1. The van der Waals surface area contributed by atoms with Crippen LogP contribution in [0.1, 0.15) is 23.6 Å². The van der Waals surface area contributed by atoms with Crippen molar-refractivity contribution in [1.82, 2.24) is 9.40 Å². The summed E-state index contributed by atoms with van der Waals surface area (Å²) in [5, 5.41) is 5.76. The molecule has 178 valence electrons. The van der Waals surface area contributed by atoms with Gasteiger partial charge in [0.1, 0.15) is 5.75 Å². The molecule has 1 aliphatic heterocycles. The number of pyridine rings is 1. The molecular weight excluding hydrogens is 486 g/mol. The number of nitrogens with one attached hydrogen (secondary N) is 1. The maximum absolute atomic E-state index is 13.4. The summed E-state index contributed by atoms with van der Waals surface area (Å²) in [5.41, 5.74) is 3.22. The summed E-state index contributed by atoms with van der Waals surface area (Å²) < 4.78 is 31.7. The lowest BCUT2D eigenvalue weighted by molar-refractivity contribution is 0.374. The Labute approximate surface area is 207 Å². The minimum Gasteiger partial charge on any atom is -0.497 e. The van der Waals surface area contributed by atoms with Gasteiger partial charge in [0.2, 0.25) is 10.0 Å². The molecule has 4 aromatic rings. The van der Waals surface area contributed by atoms with Crippen LogP contribution in [-0.4, -0.2) is 36.9 Å². The normalized spacial score (nSPS) is 15.9. The van der Waals surface area contributed by atoms with Crippen LogP contribution in [0.15, 0.2) is 82.7 Å². The van der Waals surface area contributed by atoms with Gasteiger partial charge in [-0.05, 0) is 41.5 Å². The Balaban J connectivity index is 1.74. The van der Waals surface area contributed by atoms with E-state index in [2.05, 4.69) is 10.1 Å². The van der Waals surface area contributed by atoms with Gasteiger partial charge < -0.3 is 9.72 Å². The quantitative estimate of drug-likeness (QED) is 0.413. The van der Waals surface area contributed by atoms with Crippen LogP contribution in [0.2, 0.25) is 5.02 Å². The number of H-pyrrole nitrogens is 1. The largest absolute Gasteiger partial charge is 0.497 e. The molecule has 1 aromatic heterocycles. The average molecular weight is 508 g/mol. The van der Waals surface area contributed by atoms with Crippen LogP contribution in [-0.2, 0) is 10.0 Å². The van der Waals surface area contributed by atoms with Crippen molar-refractivity contribution in [3.05, 3.63) is 99.3 Å². The fraction of sp³-hybridized carbons (Fsp3) is 0.154. The number of hydrogen-bond acceptors (Lipinski definition) is 5. The van der Waals surface area contributed by atoms with E-state index in [9.17, 15) is 13.2 Å². The van der Waals surface area contributed by atoms with E-state index in [0.29, 0.717) is 33.1 Å². The number of methoxy groups -OCH3 is 1. The van der Waals surface area contributed by atoms with E-state index in [1.165, 1.54) is 0 Å². The standard InChI is InChI=1S/C26H22ClN3O4S/c1-34-19-11-8-16(9-12-19)23-15-22(29-30(23)35(2,32)33)25-24(17-6-4-3-5-7-17)20-14-18(27)10-13-21(20)28-26(25)31/h3-14,23H,15H2,1-2H3,(H,28,31)/t23-/m1/s1. The van der Waals surface area contributed by atoms with Gasteiger partial charge in [-0.1, -0.05) is 54.1 Å². The Hall–Kier alpha value is -3.62. The van der Waals surface area contributed by atoms with Gasteiger partial charge in [0.15, 0.2) is 0 Å². The molecular formula is C26H22ClN3O4S. The maximum Gasteiger partial charge on any atom is 0.258 e. The van der Waals surface area contributed by atoms with Gasteiger partial charge in [-0.3, -0.25) is 4.79 Å². The summed E-state index contributed by atoms with van der Waals surface area (Å²) >= 11 is 6.32. The molecule has 1 atom stereocenters. The molecule has 0 amide bonds. The lowest BCUT2D eigenvalue weighted by Crippen LogP contribution is -2.25. The molecule has 3 aromatic carbocycles. The molecule has 9 heteroatoms. The number of benzene rings is 3. The molecule has 0 radical (unpaired) electrons. The van der Waals surface area contributed by atoms with Crippen molar-refractivity contribution in [3.63, 3.8) is 0 Å². The number of aromatic amines is 1. The third-order valence-electron chi connectivity index (χ3n) is 6.04. The second kappa shape index (κ2) is 8.87. The van der Waals surface area contributed by atoms with Crippen LogP contribution in [0.3, 0.4) is 0 Å². The summed E-state index contributed by atoms with van der Waals surface area (Å²) in [6, 6.07) is 21.3.